The molecule has 0 saturated carbocycles. The number of hydrogen-bond acceptors (Lipinski definition) is 3. The lowest BCUT2D eigenvalue weighted by molar-refractivity contribution is -0.109. The zero-order valence-electron chi connectivity index (χ0n) is 8.12. The van der Waals surface area contributed by atoms with Crippen molar-refractivity contribution in [3.05, 3.63) is 29.3 Å². The highest BCUT2D eigenvalue weighted by atomic mass is 16.5. The van der Waals surface area contributed by atoms with Gasteiger partial charge in [0, 0.05) is 6.54 Å². The van der Waals surface area contributed by atoms with Crippen LogP contribution in [0.3, 0.4) is 0 Å². The van der Waals surface area contributed by atoms with Crippen molar-refractivity contribution in [2.45, 2.75) is 12.5 Å². The normalized spacial score (nSPS) is 19.9. The topological polar surface area (TPSA) is 38.3 Å². The number of nitrogens with one attached hydrogen (secondary N) is 1. The monoisotopic (exact) mass is 191 g/mol. The first-order valence-electron chi connectivity index (χ1n) is 4.70. The molecule has 0 amide bonds. The molecule has 0 fully saturated rings. The summed E-state index contributed by atoms with van der Waals surface area (Å²) >= 11 is 0. The average molecular weight is 191 g/mol. The van der Waals surface area contributed by atoms with Crippen LogP contribution in [-0.4, -0.2) is 19.9 Å². The van der Waals surface area contributed by atoms with Crippen LogP contribution < -0.4 is 10.1 Å². The van der Waals surface area contributed by atoms with Gasteiger partial charge in [-0.2, -0.15) is 0 Å². The van der Waals surface area contributed by atoms with Gasteiger partial charge in [0.25, 0.3) is 0 Å². The van der Waals surface area contributed by atoms with E-state index in [1.54, 1.807) is 7.11 Å². The van der Waals surface area contributed by atoms with Crippen LogP contribution in [0.2, 0.25) is 0 Å². The van der Waals surface area contributed by atoms with Crippen LogP contribution in [0.25, 0.3) is 0 Å². The third-order valence-corrected chi connectivity index (χ3v) is 2.58. The largest absolute Gasteiger partial charge is 0.497 e. The van der Waals surface area contributed by atoms with Crippen LogP contribution >= 0.6 is 0 Å². The molecule has 1 aromatic carbocycles. The number of hydrogen-bond donors (Lipinski definition) is 1. The quantitative estimate of drug-likeness (QED) is 0.711. The van der Waals surface area contributed by atoms with E-state index in [-0.39, 0.29) is 6.04 Å². The summed E-state index contributed by atoms with van der Waals surface area (Å²) in [4.78, 5) is 10.8. The molecule has 2 rings (SSSR count). The minimum Gasteiger partial charge on any atom is -0.497 e. The first-order valence-corrected chi connectivity index (χ1v) is 4.70. The van der Waals surface area contributed by atoms with Gasteiger partial charge in [0.1, 0.15) is 12.0 Å². The van der Waals surface area contributed by atoms with Crippen molar-refractivity contribution in [1.29, 1.82) is 0 Å². The molecular weight excluding hydrogens is 178 g/mol. The third kappa shape index (κ3) is 1.51. The van der Waals surface area contributed by atoms with Gasteiger partial charge in [-0.05, 0) is 29.7 Å². The summed E-state index contributed by atoms with van der Waals surface area (Å²) in [6, 6.07) is 5.71. The fourth-order valence-electron chi connectivity index (χ4n) is 1.82. The maximum atomic E-state index is 10.8. The number of aldehydes is 1. The van der Waals surface area contributed by atoms with Crippen molar-refractivity contribution in [1.82, 2.24) is 5.32 Å². The van der Waals surface area contributed by atoms with E-state index in [9.17, 15) is 4.79 Å². The number of carbonyl (C=O) groups excluding carboxylic acids is 1. The van der Waals surface area contributed by atoms with E-state index in [2.05, 4.69) is 5.32 Å². The highest BCUT2D eigenvalue weighted by Gasteiger charge is 2.18. The van der Waals surface area contributed by atoms with Crippen LogP contribution in [0, 0.1) is 0 Å². The lowest BCUT2D eigenvalue weighted by Gasteiger charge is -2.23. The molecule has 0 aromatic heterocycles. The van der Waals surface area contributed by atoms with Crippen molar-refractivity contribution < 1.29 is 9.53 Å². The van der Waals surface area contributed by atoms with Gasteiger partial charge in [-0.3, -0.25) is 0 Å². The Bertz CT molecular complexity index is 349. The molecule has 1 aliphatic rings. The van der Waals surface area contributed by atoms with E-state index in [1.165, 1.54) is 5.56 Å². The maximum Gasteiger partial charge on any atom is 0.141 e. The van der Waals surface area contributed by atoms with E-state index in [0.29, 0.717) is 0 Å². The second-order valence-electron chi connectivity index (χ2n) is 3.38. The molecule has 14 heavy (non-hydrogen) atoms. The van der Waals surface area contributed by atoms with Gasteiger partial charge < -0.3 is 14.8 Å². The Morgan fingerprint density at radius 3 is 3.14 bits per heavy atom. The molecule has 3 heteroatoms. The molecular formula is C11H13NO2. The van der Waals surface area contributed by atoms with Crippen LogP contribution in [0.1, 0.15) is 17.2 Å². The predicted molar refractivity (Wildman–Crippen MR) is 53.5 cm³/mol. The standard InChI is InChI=1S/C11H13NO2/c1-14-9-2-3-10-8(6-9)4-5-12-11(10)7-13/h2-3,6-7,11-12H,4-5H2,1H3. The summed E-state index contributed by atoms with van der Waals surface area (Å²) in [7, 11) is 1.65. The van der Waals surface area contributed by atoms with Crippen molar-refractivity contribution in [3.8, 4) is 5.75 Å². The molecule has 1 unspecified atom stereocenters. The van der Waals surface area contributed by atoms with Crippen molar-refractivity contribution in [3.63, 3.8) is 0 Å². The molecule has 0 bridgehead atoms. The van der Waals surface area contributed by atoms with Gasteiger partial charge in [0.05, 0.1) is 13.2 Å². The number of benzene rings is 1. The van der Waals surface area contributed by atoms with Gasteiger partial charge in [-0.15, -0.1) is 0 Å². The second-order valence-corrected chi connectivity index (χ2v) is 3.38. The lowest BCUT2D eigenvalue weighted by atomic mass is 9.95. The Morgan fingerprint density at radius 1 is 1.57 bits per heavy atom. The van der Waals surface area contributed by atoms with Crippen molar-refractivity contribution >= 4 is 6.29 Å². The zero-order valence-corrected chi connectivity index (χ0v) is 8.12. The number of ether oxygens (including phenoxy) is 1. The molecule has 1 atom stereocenters. The van der Waals surface area contributed by atoms with Gasteiger partial charge in [0.15, 0.2) is 0 Å². The van der Waals surface area contributed by atoms with Crippen LogP contribution in [-0.2, 0) is 11.2 Å². The molecule has 1 aliphatic heterocycles. The van der Waals surface area contributed by atoms with Crippen LogP contribution in [0.5, 0.6) is 5.75 Å². The Kier molecular flexibility index (Phi) is 2.50. The summed E-state index contributed by atoms with van der Waals surface area (Å²) < 4.78 is 5.14. The first-order chi connectivity index (χ1) is 6.85. The molecule has 1 aromatic rings. The summed E-state index contributed by atoms with van der Waals surface area (Å²) in [5.74, 6) is 0.857. The van der Waals surface area contributed by atoms with Gasteiger partial charge in [-0.25, -0.2) is 0 Å². The SMILES string of the molecule is COc1ccc2c(c1)CCNC2C=O. The highest BCUT2D eigenvalue weighted by molar-refractivity contribution is 5.63. The molecule has 0 saturated heterocycles. The smallest absolute Gasteiger partial charge is 0.141 e. The molecule has 1 N–H and O–H groups in total. The summed E-state index contributed by atoms with van der Waals surface area (Å²) in [5, 5.41) is 3.15. The molecule has 0 aliphatic carbocycles. The van der Waals surface area contributed by atoms with E-state index < -0.39 is 0 Å². The van der Waals surface area contributed by atoms with Gasteiger partial charge in [-0.1, -0.05) is 6.07 Å². The van der Waals surface area contributed by atoms with E-state index in [0.717, 1.165) is 30.6 Å². The lowest BCUT2D eigenvalue weighted by Crippen LogP contribution is -2.30. The number of methoxy groups -OCH3 is 1. The maximum absolute atomic E-state index is 10.8. The van der Waals surface area contributed by atoms with E-state index >= 15 is 0 Å². The first kappa shape index (κ1) is 9.21. The molecule has 0 radical (unpaired) electrons. The predicted octanol–water partition coefficient (Wildman–Crippen LogP) is 1.08. The fourth-order valence-corrected chi connectivity index (χ4v) is 1.82. The van der Waals surface area contributed by atoms with E-state index in [4.69, 9.17) is 4.74 Å². The average Bonchev–Trinajstić information content (AvgIpc) is 2.27. The Morgan fingerprint density at radius 2 is 2.43 bits per heavy atom. The van der Waals surface area contributed by atoms with Crippen molar-refractivity contribution in [2.24, 2.45) is 0 Å². The fraction of sp³-hybridized carbons (Fsp3) is 0.364. The summed E-state index contributed by atoms with van der Waals surface area (Å²) in [6.07, 6.45) is 1.90. The second kappa shape index (κ2) is 3.80. The Labute approximate surface area is 83.1 Å². The molecule has 0 spiro atoms. The van der Waals surface area contributed by atoms with Gasteiger partial charge >= 0.3 is 0 Å². The number of carbonyl (C=O) groups is 1. The van der Waals surface area contributed by atoms with Crippen molar-refractivity contribution in [2.75, 3.05) is 13.7 Å². The molecule has 1 heterocycles. The molecule has 74 valence electrons. The number of fused-ring (bicyclic) bond motifs is 1. The summed E-state index contributed by atoms with van der Waals surface area (Å²) in [6.45, 7) is 0.851. The van der Waals surface area contributed by atoms with Gasteiger partial charge in [0.2, 0.25) is 0 Å². The molecule has 3 nitrogen and oxygen atoms in total. The highest BCUT2D eigenvalue weighted by Crippen LogP contribution is 2.25. The van der Waals surface area contributed by atoms with Crippen LogP contribution in [0.15, 0.2) is 18.2 Å². The zero-order chi connectivity index (χ0) is 9.97. The minimum absolute atomic E-state index is 0.148. The van der Waals surface area contributed by atoms with E-state index in [1.807, 2.05) is 18.2 Å². The Hall–Kier alpha value is -1.35. The minimum atomic E-state index is -0.148. The summed E-state index contributed by atoms with van der Waals surface area (Å²) in [5.41, 5.74) is 2.28. The van der Waals surface area contributed by atoms with Crippen LogP contribution in [0.4, 0.5) is 0 Å². The number of rotatable bonds is 2. The Balaban J connectivity index is 2.40. The third-order valence-electron chi connectivity index (χ3n) is 2.58.